The van der Waals surface area contributed by atoms with Gasteiger partial charge in [-0.1, -0.05) is 49.0 Å². The Morgan fingerprint density at radius 2 is 1.04 bits per heavy atom. The zero-order chi connectivity index (χ0) is 39.7. The summed E-state index contributed by atoms with van der Waals surface area (Å²) >= 11 is 0. The van der Waals surface area contributed by atoms with E-state index in [9.17, 15) is 19.8 Å². The molecule has 8 saturated carbocycles. The molecule has 0 saturated heterocycles. The van der Waals surface area contributed by atoms with Gasteiger partial charge in [-0.15, -0.1) is 0 Å². The highest BCUT2D eigenvalue weighted by Gasteiger charge is 2.62. The van der Waals surface area contributed by atoms with Crippen molar-refractivity contribution in [2.45, 2.75) is 209 Å². The maximum absolute atomic E-state index is 11.5. The number of hydrogen-bond acceptors (Lipinski definition) is 4. The molecule has 3 N–H and O–H groups in total. The molecule has 18 atom stereocenters. The van der Waals surface area contributed by atoms with Crippen molar-refractivity contribution in [2.75, 3.05) is 0 Å². The van der Waals surface area contributed by atoms with Crippen LogP contribution in [0.3, 0.4) is 0 Å². The smallest absolute Gasteiger partial charge is 0.303 e. The maximum atomic E-state index is 11.5. The third-order valence-electron chi connectivity index (χ3n) is 20.4. The SMILES string of the molecule is C.CC(=O)CC[C@@H](C)[C@H]1CC[C@H]2[C@@H]3CC[C@H]4C[C@@H](O)CC[C@]4(C)[C@H]3CC[C@]12C.[2H][C@]1(O)CC[C@@]2(C)[C@@H](CC[C@@H]3[C@@H]2CC[C@]2(C)[C@@H]([C@H](C)CCC(=O)O)CC[C@@H]32)C1. The number of aliphatic carboxylic acids is 1. The molecule has 0 radical (unpaired) electrons. The number of carbonyl (C=O) groups excluding carboxylic acids is 1. The van der Waals surface area contributed by atoms with Crippen LogP contribution in [-0.4, -0.2) is 39.3 Å². The maximum Gasteiger partial charge on any atom is 0.303 e. The van der Waals surface area contributed by atoms with Crippen LogP contribution >= 0.6 is 0 Å². The third kappa shape index (κ3) is 7.81. The lowest BCUT2D eigenvalue weighted by Gasteiger charge is -2.61. The Kier molecular flexibility index (Phi) is 12.7. The lowest BCUT2D eigenvalue weighted by molar-refractivity contribution is -0.138. The molecule has 0 unspecified atom stereocenters. The largest absolute Gasteiger partial charge is 0.481 e. The summed E-state index contributed by atoms with van der Waals surface area (Å²) in [4.78, 5) is 22.5. The fourth-order valence-corrected chi connectivity index (χ4v) is 17.4. The van der Waals surface area contributed by atoms with Crippen LogP contribution in [0.1, 0.15) is 199 Å². The fraction of sp³-hybridized carbons (Fsp3) is 0.960. The van der Waals surface area contributed by atoms with Crippen LogP contribution in [0, 0.1) is 92.7 Å². The molecule has 0 aromatic rings. The van der Waals surface area contributed by atoms with Crippen LogP contribution in [0.25, 0.3) is 0 Å². The molecule has 316 valence electrons. The van der Waals surface area contributed by atoms with E-state index in [0.717, 1.165) is 85.9 Å². The Labute approximate surface area is 339 Å². The summed E-state index contributed by atoms with van der Waals surface area (Å²) in [6.07, 6.45) is 23.5. The summed E-state index contributed by atoms with van der Waals surface area (Å²) < 4.78 is 8.17. The Morgan fingerprint density at radius 3 is 1.53 bits per heavy atom. The summed E-state index contributed by atoms with van der Waals surface area (Å²) in [5, 5.41) is 29.6. The number of Topliss-reactive ketones (excluding diaryl/α,β-unsaturated/α-hetero) is 1. The molecule has 5 heteroatoms. The van der Waals surface area contributed by atoms with Crippen molar-refractivity contribution >= 4 is 11.8 Å². The molecule has 0 aromatic heterocycles. The van der Waals surface area contributed by atoms with Gasteiger partial charge in [-0.3, -0.25) is 4.79 Å². The van der Waals surface area contributed by atoms with E-state index in [1.54, 1.807) is 6.92 Å². The lowest BCUT2D eigenvalue weighted by Crippen LogP contribution is -2.54. The van der Waals surface area contributed by atoms with E-state index >= 15 is 0 Å². The van der Waals surface area contributed by atoms with E-state index in [2.05, 4.69) is 41.5 Å². The Morgan fingerprint density at radius 1 is 0.600 bits per heavy atom. The number of fused-ring (bicyclic) bond motifs is 10. The second kappa shape index (κ2) is 16.6. The van der Waals surface area contributed by atoms with E-state index < -0.39 is 12.0 Å². The van der Waals surface area contributed by atoms with Gasteiger partial charge in [0.15, 0.2) is 0 Å². The number of carboxylic acid groups (broad SMARTS) is 1. The quantitative estimate of drug-likeness (QED) is 0.229. The molecule has 0 spiro atoms. The Hall–Kier alpha value is -0.940. The Bertz CT molecular complexity index is 1400. The van der Waals surface area contributed by atoms with E-state index in [1.807, 2.05) is 0 Å². The molecule has 0 amide bonds. The lowest BCUT2D eigenvalue weighted by atomic mass is 9.44. The summed E-state index contributed by atoms with van der Waals surface area (Å²) in [5.74, 6) is 8.74. The number of aliphatic hydroxyl groups is 2. The van der Waals surface area contributed by atoms with Crippen LogP contribution in [0.5, 0.6) is 0 Å². The summed E-state index contributed by atoms with van der Waals surface area (Å²) in [6.45, 7) is 16.7. The van der Waals surface area contributed by atoms with E-state index in [1.165, 1.54) is 83.5 Å². The van der Waals surface area contributed by atoms with E-state index in [0.29, 0.717) is 70.4 Å². The van der Waals surface area contributed by atoms with E-state index in [4.69, 9.17) is 6.48 Å². The van der Waals surface area contributed by atoms with Crippen molar-refractivity contribution in [1.82, 2.24) is 0 Å². The molecular weight excluding hydrogens is 681 g/mol. The molecule has 0 heterocycles. The molecule has 0 bridgehead atoms. The summed E-state index contributed by atoms with van der Waals surface area (Å²) in [6, 6.07) is 0. The van der Waals surface area contributed by atoms with Crippen molar-refractivity contribution in [3.05, 3.63) is 0 Å². The van der Waals surface area contributed by atoms with Crippen molar-refractivity contribution in [2.24, 2.45) is 92.7 Å². The molecule has 0 aromatic carbocycles. The molecule has 55 heavy (non-hydrogen) atoms. The van der Waals surface area contributed by atoms with Gasteiger partial charge in [0.2, 0.25) is 0 Å². The van der Waals surface area contributed by atoms with Crippen LogP contribution < -0.4 is 0 Å². The first-order chi connectivity index (χ1) is 25.8. The first-order valence-electron chi connectivity index (χ1n) is 23.9. The molecule has 8 aliphatic rings. The standard InChI is InChI=1S/C25H42O2.C24H40O3.CH4/c1-16(5-6-17(2)26)21-9-10-22-20-8-7-18-15-19(27)11-13-24(18,3)23(20)12-14-25(21,22)4;1-15(4-9-22(26)27)19-7-8-20-18-6-5-16-14-17(25)10-12-23(16,2)21(18)11-13-24(19,20)3;/h16,18-23,27H,5-15H2,1-4H3;15-21,25H,4-14H2,1-3H3,(H,26,27);1H4/t16-,18+,19+,20+,21-,22+,23+,24+,25-;15-,16+,17+,18+,19-,20+,21+,23+,24-;/m11./s1/i;17D;. The first-order valence-corrected chi connectivity index (χ1v) is 23.4. The fourth-order valence-electron chi connectivity index (χ4n) is 17.4. The highest BCUT2D eigenvalue weighted by molar-refractivity contribution is 5.75. The zero-order valence-corrected chi connectivity index (χ0v) is 35.7. The van der Waals surface area contributed by atoms with Gasteiger partial charge >= 0.3 is 5.97 Å². The number of carboxylic acids is 1. The van der Waals surface area contributed by atoms with Crippen LogP contribution in [0.4, 0.5) is 0 Å². The highest BCUT2D eigenvalue weighted by Crippen LogP contribution is 2.70. The van der Waals surface area contributed by atoms with Crippen molar-refractivity contribution < 1.29 is 26.3 Å². The second-order valence-electron chi connectivity index (χ2n) is 22.6. The van der Waals surface area contributed by atoms with Crippen LogP contribution in [0.2, 0.25) is 0 Å². The molecule has 8 rings (SSSR count). The average molecular weight is 768 g/mol. The minimum Gasteiger partial charge on any atom is -0.481 e. The topological polar surface area (TPSA) is 94.8 Å². The van der Waals surface area contributed by atoms with Crippen LogP contribution in [0.15, 0.2) is 0 Å². The minimum atomic E-state index is -1.20. The molecule has 0 aliphatic heterocycles. The number of hydrogen-bond donors (Lipinski definition) is 3. The number of rotatable bonds is 8. The average Bonchev–Trinajstić information content (AvgIpc) is 3.67. The van der Waals surface area contributed by atoms with Crippen molar-refractivity contribution in [3.63, 3.8) is 0 Å². The summed E-state index contributed by atoms with van der Waals surface area (Å²) in [5.41, 5.74) is 1.69. The third-order valence-corrected chi connectivity index (χ3v) is 20.4. The van der Waals surface area contributed by atoms with Crippen molar-refractivity contribution in [1.29, 1.82) is 0 Å². The number of ketones is 1. The summed E-state index contributed by atoms with van der Waals surface area (Å²) in [7, 11) is 0. The van der Waals surface area contributed by atoms with Gasteiger partial charge in [-0.2, -0.15) is 0 Å². The van der Waals surface area contributed by atoms with E-state index in [-0.39, 0.29) is 13.5 Å². The van der Waals surface area contributed by atoms with Crippen molar-refractivity contribution in [3.8, 4) is 0 Å². The molecule has 8 fully saturated rings. The van der Waals surface area contributed by atoms with Gasteiger partial charge in [0.05, 0.1) is 13.6 Å². The molecule has 5 nitrogen and oxygen atoms in total. The van der Waals surface area contributed by atoms with Gasteiger partial charge in [0.25, 0.3) is 0 Å². The molecule has 8 aliphatic carbocycles. The van der Waals surface area contributed by atoms with Gasteiger partial charge in [-0.05, 0) is 228 Å². The highest BCUT2D eigenvalue weighted by atomic mass is 16.4. The van der Waals surface area contributed by atoms with Crippen LogP contribution in [-0.2, 0) is 9.59 Å². The Balaban J connectivity index is 0.000000187. The minimum absolute atomic E-state index is 0. The van der Waals surface area contributed by atoms with Gasteiger partial charge in [0.1, 0.15) is 5.78 Å². The zero-order valence-electron chi connectivity index (χ0n) is 36.7. The number of carbonyl (C=O) groups is 2. The molecular formula is C50H86O5. The predicted octanol–water partition coefficient (Wildman–Crippen LogP) is 12.2. The van der Waals surface area contributed by atoms with Gasteiger partial charge < -0.3 is 20.1 Å². The van der Waals surface area contributed by atoms with Gasteiger partial charge in [-0.25, -0.2) is 0 Å². The van der Waals surface area contributed by atoms with Gasteiger partial charge in [0, 0.05) is 12.8 Å². The first kappa shape index (κ1) is 42.2. The monoisotopic (exact) mass is 768 g/mol. The second-order valence-corrected chi connectivity index (χ2v) is 22.6. The normalized spacial score (nSPS) is 51.1. The predicted molar refractivity (Wildman–Crippen MR) is 224 cm³/mol. The number of aliphatic hydroxyl groups excluding tert-OH is 1.